The highest BCUT2D eigenvalue weighted by Gasteiger charge is 2.20. The minimum atomic E-state index is -3.84. The van der Waals surface area contributed by atoms with Gasteiger partial charge in [-0.05, 0) is 29.6 Å². The molecule has 162 valence electrons. The van der Waals surface area contributed by atoms with E-state index in [-0.39, 0.29) is 27.0 Å². The third-order valence-corrected chi connectivity index (χ3v) is 7.39. The van der Waals surface area contributed by atoms with Crippen molar-refractivity contribution in [1.29, 1.82) is 0 Å². The molecule has 4 rings (SSSR count). The minimum absolute atomic E-state index is 0.0331. The fraction of sp³-hybridized carbons (Fsp3) is 0.0455. The molecule has 8 nitrogen and oxygen atoms in total. The summed E-state index contributed by atoms with van der Waals surface area (Å²) in [6, 6.07) is 16.4. The first-order chi connectivity index (χ1) is 15.4. The predicted octanol–water partition coefficient (Wildman–Crippen LogP) is 5.32. The van der Waals surface area contributed by atoms with E-state index in [1.165, 1.54) is 18.2 Å². The standard InChI is InChI=1S/C22H18N4O4S2/c1-2-13-26-18-11-6-4-9-16(18)20(22(26)28)23-24-21(27)15-8-3-5-10-17(15)25-32(29,30)19-12-7-14-31-19/h2-12,14,25,28H,1,13H2. The van der Waals surface area contributed by atoms with Crippen molar-refractivity contribution in [3.63, 3.8) is 0 Å². The van der Waals surface area contributed by atoms with Crippen molar-refractivity contribution >= 4 is 49.5 Å². The Hall–Kier alpha value is -3.76. The number of aromatic nitrogens is 1. The number of amides is 1. The van der Waals surface area contributed by atoms with Gasteiger partial charge >= 0.3 is 0 Å². The molecular weight excluding hydrogens is 448 g/mol. The second-order valence-electron chi connectivity index (χ2n) is 6.68. The van der Waals surface area contributed by atoms with Crippen LogP contribution < -0.4 is 4.72 Å². The zero-order valence-corrected chi connectivity index (χ0v) is 18.3. The fourth-order valence-electron chi connectivity index (χ4n) is 3.20. The van der Waals surface area contributed by atoms with Gasteiger partial charge in [0.1, 0.15) is 4.21 Å². The van der Waals surface area contributed by atoms with Crippen LogP contribution in [0, 0.1) is 0 Å². The molecule has 0 aliphatic heterocycles. The van der Waals surface area contributed by atoms with Crippen molar-refractivity contribution < 1.29 is 18.3 Å². The van der Waals surface area contributed by atoms with Gasteiger partial charge in [0.15, 0.2) is 5.69 Å². The van der Waals surface area contributed by atoms with Gasteiger partial charge in [-0.15, -0.1) is 28.1 Å². The van der Waals surface area contributed by atoms with Gasteiger partial charge in [0.25, 0.3) is 15.9 Å². The Morgan fingerprint density at radius 2 is 1.88 bits per heavy atom. The molecular formula is C22H18N4O4S2. The molecule has 0 aliphatic rings. The Balaban J connectivity index is 1.68. The highest BCUT2D eigenvalue weighted by molar-refractivity contribution is 7.94. The van der Waals surface area contributed by atoms with Crippen LogP contribution in [0.2, 0.25) is 0 Å². The number of sulfonamides is 1. The van der Waals surface area contributed by atoms with Gasteiger partial charge in [0, 0.05) is 11.9 Å². The van der Waals surface area contributed by atoms with Gasteiger partial charge in [-0.1, -0.05) is 42.5 Å². The summed E-state index contributed by atoms with van der Waals surface area (Å²) in [5.74, 6) is -0.899. The maximum Gasteiger partial charge on any atom is 0.297 e. The molecule has 0 aliphatic carbocycles. The molecule has 0 unspecified atom stereocenters. The summed E-state index contributed by atoms with van der Waals surface area (Å²) >= 11 is 1.07. The number of aromatic hydroxyl groups is 1. The SMILES string of the molecule is C=CCn1c(O)c(N=NC(=O)c2ccccc2NS(=O)(=O)c2cccs2)c2ccccc21. The number of thiophene rings is 1. The number of carbonyl (C=O) groups excluding carboxylic acids is 1. The van der Waals surface area contributed by atoms with Gasteiger partial charge in [0.2, 0.25) is 5.88 Å². The van der Waals surface area contributed by atoms with Crippen molar-refractivity contribution in [3.8, 4) is 5.88 Å². The summed E-state index contributed by atoms with van der Waals surface area (Å²) in [5, 5.41) is 20.6. The van der Waals surface area contributed by atoms with Crippen molar-refractivity contribution in [2.45, 2.75) is 10.8 Å². The number of nitrogens with zero attached hydrogens (tertiary/aromatic N) is 3. The van der Waals surface area contributed by atoms with Crippen molar-refractivity contribution in [1.82, 2.24) is 4.57 Å². The monoisotopic (exact) mass is 466 g/mol. The Bertz CT molecular complexity index is 1440. The van der Waals surface area contributed by atoms with Gasteiger partial charge < -0.3 is 9.67 Å². The zero-order chi connectivity index (χ0) is 22.7. The smallest absolute Gasteiger partial charge is 0.297 e. The molecule has 2 heterocycles. The van der Waals surface area contributed by atoms with Gasteiger partial charge in [-0.2, -0.15) is 0 Å². The predicted molar refractivity (Wildman–Crippen MR) is 124 cm³/mol. The molecule has 0 saturated carbocycles. The molecule has 0 bridgehead atoms. The van der Waals surface area contributed by atoms with E-state index >= 15 is 0 Å². The Morgan fingerprint density at radius 1 is 1.12 bits per heavy atom. The van der Waals surface area contributed by atoms with E-state index in [0.29, 0.717) is 11.9 Å². The van der Waals surface area contributed by atoms with Crippen molar-refractivity contribution in [3.05, 3.63) is 84.3 Å². The van der Waals surface area contributed by atoms with Crippen molar-refractivity contribution in [2.24, 2.45) is 10.2 Å². The number of nitrogens with one attached hydrogen (secondary N) is 1. The molecule has 10 heteroatoms. The summed E-state index contributed by atoms with van der Waals surface area (Å²) in [5.41, 5.74) is 0.983. The van der Waals surface area contributed by atoms with E-state index in [4.69, 9.17) is 0 Å². The van der Waals surface area contributed by atoms with E-state index in [1.807, 2.05) is 12.1 Å². The lowest BCUT2D eigenvalue weighted by Gasteiger charge is -2.09. The van der Waals surface area contributed by atoms with Crippen LogP contribution in [0.1, 0.15) is 10.4 Å². The van der Waals surface area contributed by atoms with Crippen LogP contribution in [0.25, 0.3) is 10.9 Å². The number of benzene rings is 2. The van der Waals surface area contributed by atoms with E-state index < -0.39 is 15.9 Å². The summed E-state index contributed by atoms with van der Waals surface area (Å²) in [7, 11) is -3.84. The van der Waals surface area contributed by atoms with Crippen LogP contribution in [0.3, 0.4) is 0 Å². The highest BCUT2D eigenvalue weighted by atomic mass is 32.2. The number of hydrogen-bond acceptors (Lipinski definition) is 6. The molecule has 0 spiro atoms. The van der Waals surface area contributed by atoms with Gasteiger partial charge in [0.05, 0.1) is 16.8 Å². The van der Waals surface area contributed by atoms with Crippen LogP contribution in [-0.2, 0) is 16.6 Å². The molecule has 2 aromatic heterocycles. The zero-order valence-electron chi connectivity index (χ0n) is 16.7. The number of fused-ring (bicyclic) bond motifs is 1. The number of hydrogen-bond donors (Lipinski definition) is 2. The average Bonchev–Trinajstić information content (AvgIpc) is 3.41. The second kappa shape index (κ2) is 8.77. The number of carbonyl (C=O) groups is 1. The summed E-state index contributed by atoms with van der Waals surface area (Å²) < 4.78 is 29.3. The number of azo groups is 1. The summed E-state index contributed by atoms with van der Waals surface area (Å²) in [4.78, 5) is 12.8. The molecule has 1 amide bonds. The van der Waals surface area contributed by atoms with E-state index in [1.54, 1.807) is 46.4 Å². The lowest BCUT2D eigenvalue weighted by atomic mass is 10.2. The van der Waals surface area contributed by atoms with Crippen LogP contribution >= 0.6 is 11.3 Å². The Labute approximate surface area is 188 Å². The van der Waals surface area contributed by atoms with Crippen molar-refractivity contribution in [2.75, 3.05) is 4.72 Å². The number of allylic oxidation sites excluding steroid dienone is 1. The first kappa shape index (κ1) is 21.5. The fourth-order valence-corrected chi connectivity index (χ4v) is 5.28. The lowest BCUT2D eigenvalue weighted by molar-refractivity contribution is 0.0996. The van der Waals surface area contributed by atoms with E-state index in [2.05, 4.69) is 21.5 Å². The molecule has 0 radical (unpaired) electrons. The molecule has 0 atom stereocenters. The average molecular weight is 467 g/mol. The number of anilines is 1. The normalized spacial score (nSPS) is 11.8. The molecule has 0 fully saturated rings. The lowest BCUT2D eigenvalue weighted by Crippen LogP contribution is -2.14. The molecule has 32 heavy (non-hydrogen) atoms. The topological polar surface area (TPSA) is 113 Å². The maximum atomic E-state index is 12.8. The van der Waals surface area contributed by atoms with Crippen LogP contribution in [0.15, 0.2) is 93.1 Å². The van der Waals surface area contributed by atoms with Crippen LogP contribution in [0.4, 0.5) is 11.4 Å². The van der Waals surface area contributed by atoms with E-state index in [0.717, 1.165) is 16.9 Å². The first-order valence-corrected chi connectivity index (χ1v) is 11.8. The van der Waals surface area contributed by atoms with Gasteiger partial charge in [-0.25, -0.2) is 8.42 Å². The highest BCUT2D eigenvalue weighted by Crippen LogP contribution is 2.39. The molecule has 2 N–H and O–H groups in total. The number of para-hydroxylation sites is 2. The first-order valence-electron chi connectivity index (χ1n) is 9.45. The second-order valence-corrected chi connectivity index (χ2v) is 9.53. The van der Waals surface area contributed by atoms with Crippen LogP contribution in [-0.4, -0.2) is 24.0 Å². The quantitative estimate of drug-likeness (QED) is 0.283. The molecule has 0 saturated heterocycles. The third kappa shape index (κ3) is 4.05. The largest absolute Gasteiger partial charge is 0.493 e. The Kier molecular flexibility index (Phi) is 5.89. The number of rotatable bonds is 7. The molecule has 4 aromatic rings. The summed E-state index contributed by atoms with van der Waals surface area (Å²) in [6.45, 7) is 4.04. The minimum Gasteiger partial charge on any atom is -0.493 e. The maximum absolute atomic E-state index is 12.8. The third-order valence-electron chi connectivity index (χ3n) is 4.63. The van der Waals surface area contributed by atoms with E-state index in [9.17, 15) is 18.3 Å². The Morgan fingerprint density at radius 3 is 2.62 bits per heavy atom. The van der Waals surface area contributed by atoms with Crippen LogP contribution in [0.5, 0.6) is 5.88 Å². The summed E-state index contributed by atoms with van der Waals surface area (Å²) in [6.07, 6.45) is 1.63. The molecule has 2 aromatic carbocycles. The van der Waals surface area contributed by atoms with Gasteiger partial charge in [-0.3, -0.25) is 9.52 Å².